The molecule has 1 saturated heterocycles. The van der Waals surface area contributed by atoms with Gasteiger partial charge in [0.15, 0.2) is 22.7 Å². The first-order chi connectivity index (χ1) is 27.0. The molecule has 0 amide bonds. The fraction of sp³-hybridized carbons (Fsp3) is 0.489. The number of hydrogen-bond acceptors (Lipinski definition) is 10. The number of Topliss-reactive ketones (excluding diaryl/α,β-unsaturated/α-hetero) is 1. The molecule has 2 aromatic rings. The predicted octanol–water partition coefficient (Wildman–Crippen LogP) is 9.40. The minimum absolute atomic E-state index is 0.0148. The lowest BCUT2D eigenvalue weighted by atomic mass is 9.46. The number of aliphatic imine (C=N–C) groups is 1. The third-order valence-corrected chi connectivity index (χ3v) is 14.8. The zero-order chi connectivity index (χ0) is 40.4. The second kappa shape index (κ2) is 13.0. The van der Waals surface area contributed by atoms with Crippen molar-refractivity contribution in [2.45, 2.75) is 126 Å². The number of rotatable bonds is 8. The molecular formula is C47H51NO8S. The van der Waals surface area contributed by atoms with E-state index >= 15 is 4.79 Å². The molecule has 9 nitrogen and oxygen atoms in total. The van der Waals surface area contributed by atoms with Gasteiger partial charge in [0.2, 0.25) is 0 Å². The van der Waals surface area contributed by atoms with Crippen LogP contribution in [0.3, 0.4) is 0 Å². The van der Waals surface area contributed by atoms with Crippen molar-refractivity contribution in [2.75, 3.05) is 7.11 Å². The highest BCUT2D eigenvalue weighted by molar-refractivity contribution is 8.00. The van der Waals surface area contributed by atoms with Gasteiger partial charge in [-0.2, -0.15) is 0 Å². The molecule has 0 N–H and O–H groups in total. The lowest BCUT2D eigenvalue weighted by Crippen LogP contribution is -2.79. The van der Waals surface area contributed by atoms with Gasteiger partial charge in [-0.1, -0.05) is 41.5 Å². The van der Waals surface area contributed by atoms with E-state index in [1.54, 1.807) is 24.8 Å². The number of ketones is 1. The number of carbonyl (C=O) groups excluding carboxylic acids is 3. The maximum atomic E-state index is 15.5. The lowest BCUT2D eigenvalue weighted by molar-refractivity contribution is -0.196. The van der Waals surface area contributed by atoms with E-state index in [-0.39, 0.29) is 41.7 Å². The van der Waals surface area contributed by atoms with Crippen LogP contribution in [-0.2, 0) is 30.3 Å². The Morgan fingerprint density at radius 2 is 1.70 bits per heavy atom. The zero-order valence-electron chi connectivity index (χ0n) is 34.3. The summed E-state index contributed by atoms with van der Waals surface area (Å²) < 4.78 is 33.7. The topological polar surface area (TPSA) is 110 Å². The van der Waals surface area contributed by atoms with Crippen molar-refractivity contribution in [1.82, 2.24) is 0 Å². The number of para-hydroxylation sites is 1. The quantitative estimate of drug-likeness (QED) is 0.112. The van der Waals surface area contributed by atoms with E-state index in [2.05, 4.69) is 72.8 Å². The molecule has 7 atom stereocenters. The Morgan fingerprint density at radius 3 is 2.44 bits per heavy atom. The molecule has 0 aromatic heterocycles. The number of hydrogen-bond donors (Lipinski definition) is 0. The normalized spacial score (nSPS) is 31.8. The molecule has 1 spiro atoms. The largest absolute Gasteiger partial charge is 0.482 e. The van der Waals surface area contributed by atoms with Crippen molar-refractivity contribution in [1.29, 1.82) is 0 Å². The Bertz CT molecular complexity index is 2320. The van der Waals surface area contributed by atoms with E-state index in [9.17, 15) is 9.59 Å². The van der Waals surface area contributed by atoms with Crippen LogP contribution in [-0.4, -0.2) is 58.2 Å². The summed E-state index contributed by atoms with van der Waals surface area (Å²) in [5.41, 5.74) is 3.22. The second-order valence-corrected chi connectivity index (χ2v) is 19.3. The molecule has 298 valence electrons. The van der Waals surface area contributed by atoms with Gasteiger partial charge in [0, 0.05) is 39.5 Å². The highest BCUT2D eigenvalue weighted by Crippen LogP contribution is 2.73. The summed E-state index contributed by atoms with van der Waals surface area (Å²) in [5.74, 6) is -0.317. The van der Waals surface area contributed by atoms with Crippen LogP contribution in [0.1, 0.15) is 104 Å². The Hall–Kier alpha value is -4.41. The summed E-state index contributed by atoms with van der Waals surface area (Å²) in [6.45, 7) is 16.2. The molecule has 8 aliphatic rings. The van der Waals surface area contributed by atoms with E-state index in [1.807, 2.05) is 18.2 Å². The zero-order valence-corrected chi connectivity index (χ0v) is 35.1. The van der Waals surface area contributed by atoms with E-state index in [0.29, 0.717) is 47.6 Å². The van der Waals surface area contributed by atoms with Crippen LogP contribution in [0.15, 0.2) is 75.2 Å². The molecule has 57 heavy (non-hydrogen) atoms. The molecule has 5 heterocycles. The molecule has 10 rings (SSSR count). The molecular weight excluding hydrogens is 739 g/mol. The minimum Gasteiger partial charge on any atom is -0.482 e. The average Bonchev–Trinajstić information content (AvgIpc) is 3.23. The van der Waals surface area contributed by atoms with Crippen LogP contribution in [0.4, 0.5) is 5.69 Å². The van der Waals surface area contributed by atoms with Crippen molar-refractivity contribution in [3.8, 4) is 17.2 Å². The smallest absolute Gasteiger partial charge is 0.333 e. The van der Waals surface area contributed by atoms with Crippen LogP contribution < -0.4 is 14.2 Å². The van der Waals surface area contributed by atoms with Gasteiger partial charge < -0.3 is 23.7 Å². The average molecular weight is 790 g/mol. The molecule has 2 aromatic carbocycles. The molecule has 3 aliphatic carbocycles. The van der Waals surface area contributed by atoms with Gasteiger partial charge in [0.25, 0.3) is 0 Å². The third-order valence-electron chi connectivity index (χ3n) is 13.3. The first-order valence-corrected chi connectivity index (χ1v) is 21.1. The van der Waals surface area contributed by atoms with Crippen LogP contribution in [0, 0.1) is 17.8 Å². The summed E-state index contributed by atoms with van der Waals surface area (Å²) in [5, 5.41) is -0.242. The number of allylic oxidation sites excluding steroid dienone is 4. The summed E-state index contributed by atoms with van der Waals surface area (Å²) in [6.07, 6.45) is 11.1. The monoisotopic (exact) mass is 789 g/mol. The molecule has 7 unspecified atom stereocenters. The maximum Gasteiger partial charge on any atom is 0.333 e. The number of esters is 2. The van der Waals surface area contributed by atoms with Gasteiger partial charge in [-0.3, -0.25) is 14.6 Å². The van der Waals surface area contributed by atoms with E-state index < -0.39 is 34.3 Å². The van der Waals surface area contributed by atoms with Crippen molar-refractivity contribution >= 4 is 46.5 Å². The Kier molecular flexibility index (Phi) is 8.73. The highest BCUT2D eigenvalue weighted by Gasteiger charge is 2.85. The number of methoxy groups -OCH3 is 1. The van der Waals surface area contributed by atoms with Gasteiger partial charge in [0.05, 0.1) is 47.6 Å². The Morgan fingerprint density at radius 1 is 0.965 bits per heavy atom. The van der Waals surface area contributed by atoms with Crippen LogP contribution in [0.25, 0.3) is 5.57 Å². The SMILES string of the molecule is COC(=O)C(C)=CCC12OC(C)(C)C3CC(C1=O)C1Sc4ccccc4N=C4c5c(c(CC=C(C)C)c6c7c5OC(=O)CC7=CC(C)(CCC=C(C)C)O6)OC32C41. The number of ether oxygens (including phenoxy) is 5. The second-order valence-electron chi connectivity index (χ2n) is 18.1. The van der Waals surface area contributed by atoms with Gasteiger partial charge in [-0.05, 0) is 105 Å². The van der Waals surface area contributed by atoms with Crippen LogP contribution >= 0.6 is 11.8 Å². The fourth-order valence-corrected chi connectivity index (χ4v) is 12.5. The summed E-state index contributed by atoms with van der Waals surface area (Å²) in [4.78, 5) is 48.6. The van der Waals surface area contributed by atoms with Crippen LogP contribution in [0.5, 0.6) is 17.2 Å². The lowest BCUT2D eigenvalue weighted by Gasteiger charge is -2.63. The minimum atomic E-state index is -1.46. The number of carbonyl (C=O) groups is 3. The number of benzene rings is 2. The molecule has 5 aliphatic heterocycles. The van der Waals surface area contributed by atoms with Crippen molar-refractivity contribution in [2.24, 2.45) is 22.7 Å². The third kappa shape index (κ3) is 5.45. The number of fused-ring (bicyclic) bond motifs is 4. The summed E-state index contributed by atoms with van der Waals surface area (Å²) >= 11 is 1.68. The van der Waals surface area contributed by atoms with Gasteiger partial charge in [-0.25, -0.2) is 4.79 Å². The number of nitrogens with zero attached hydrogens (tertiary/aromatic N) is 1. The first kappa shape index (κ1) is 38.1. The molecule has 10 heteroatoms. The summed E-state index contributed by atoms with van der Waals surface area (Å²) in [6, 6.07) is 8.06. The maximum absolute atomic E-state index is 15.5. The molecule has 4 bridgehead atoms. The molecule has 3 saturated carbocycles. The van der Waals surface area contributed by atoms with Crippen molar-refractivity contribution in [3.63, 3.8) is 0 Å². The van der Waals surface area contributed by atoms with Gasteiger partial charge >= 0.3 is 11.9 Å². The highest BCUT2D eigenvalue weighted by atomic mass is 32.2. The van der Waals surface area contributed by atoms with Gasteiger partial charge in [-0.15, -0.1) is 11.8 Å². The first-order valence-electron chi connectivity index (χ1n) is 20.2. The van der Waals surface area contributed by atoms with E-state index in [0.717, 1.165) is 45.0 Å². The fourth-order valence-electron chi connectivity index (χ4n) is 10.9. The van der Waals surface area contributed by atoms with Crippen molar-refractivity contribution in [3.05, 3.63) is 82.0 Å². The predicted molar refractivity (Wildman–Crippen MR) is 220 cm³/mol. The molecule has 0 radical (unpaired) electrons. The molecule has 4 fully saturated rings. The van der Waals surface area contributed by atoms with Gasteiger partial charge in [0.1, 0.15) is 17.1 Å². The van der Waals surface area contributed by atoms with Crippen molar-refractivity contribution < 1.29 is 38.1 Å². The standard InChI is InChI=1S/C47H51NO8S/c1-24(2)13-12-19-45(8)23-27-21-33(49)53-40-34(27)38(54-45)28(17-16-25(3)4)39-35(40)37-36-41(57-31-15-11-10-14-30(31)48-37)29-22-32-44(6,7)56-46(42(29)50,47(32,36)55-39)20-18-26(5)43(51)52-9/h10-11,13-16,18,23,29,32,36,41H,12,17,19-22H2,1-9H3. The Labute approximate surface area is 339 Å². The number of thioether (sulfide) groups is 1. The van der Waals surface area contributed by atoms with Crippen LogP contribution in [0.2, 0.25) is 0 Å². The Balaban J connectivity index is 1.37. The summed E-state index contributed by atoms with van der Waals surface area (Å²) in [7, 11) is 1.35. The van der Waals surface area contributed by atoms with E-state index in [1.165, 1.54) is 12.7 Å². The van der Waals surface area contributed by atoms with E-state index in [4.69, 9.17) is 28.7 Å².